The molecule has 1 amide bonds. The molecule has 0 aromatic rings. The van der Waals surface area contributed by atoms with Crippen molar-refractivity contribution in [3.05, 3.63) is 0 Å². The second kappa shape index (κ2) is 7.31. The lowest BCUT2D eigenvalue weighted by Gasteiger charge is -2.35. The van der Waals surface area contributed by atoms with Gasteiger partial charge in [0.15, 0.2) is 0 Å². The molecule has 0 saturated heterocycles. The van der Waals surface area contributed by atoms with Crippen molar-refractivity contribution in [1.29, 1.82) is 0 Å². The van der Waals surface area contributed by atoms with Crippen molar-refractivity contribution in [2.24, 2.45) is 10.4 Å². The van der Waals surface area contributed by atoms with Crippen molar-refractivity contribution in [3.63, 3.8) is 0 Å². The second-order valence-corrected chi connectivity index (χ2v) is 7.81. The van der Waals surface area contributed by atoms with Gasteiger partial charge in [-0.2, -0.15) is 0 Å². The van der Waals surface area contributed by atoms with E-state index in [4.69, 9.17) is 4.74 Å². The highest BCUT2D eigenvalue weighted by molar-refractivity contribution is 5.88. The van der Waals surface area contributed by atoms with Crippen molar-refractivity contribution >= 4 is 11.9 Å². The van der Waals surface area contributed by atoms with Crippen molar-refractivity contribution in [2.45, 2.75) is 59.6 Å². The van der Waals surface area contributed by atoms with Crippen LogP contribution in [0, 0.1) is 5.41 Å². The summed E-state index contributed by atoms with van der Waals surface area (Å²) >= 11 is 0. The van der Waals surface area contributed by atoms with Crippen LogP contribution in [0.2, 0.25) is 0 Å². The number of ether oxygens (including phenoxy) is 1. The molecule has 0 fully saturated rings. The van der Waals surface area contributed by atoms with Gasteiger partial charge in [-0.05, 0) is 32.6 Å². The standard InChI is InChI=1S/C16H31N3O3/c1-15(2,3)12(7-10-20)18-13-11-19(9-8-17-13)14(21)22-16(4,5)6/h12,20H,7-11H2,1-6H3,(H,17,18). The minimum absolute atomic E-state index is 0.000550. The number of aliphatic imine (C=N–C) groups is 1. The molecule has 0 saturated carbocycles. The number of rotatable bonds is 3. The molecule has 1 aliphatic heterocycles. The summed E-state index contributed by atoms with van der Waals surface area (Å²) in [6, 6.07) is 0.106. The fraction of sp³-hybridized carbons (Fsp3) is 0.875. The van der Waals surface area contributed by atoms with Crippen LogP contribution in [0.5, 0.6) is 0 Å². The van der Waals surface area contributed by atoms with Crippen molar-refractivity contribution in [2.75, 3.05) is 26.2 Å². The van der Waals surface area contributed by atoms with Gasteiger partial charge in [-0.15, -0.1) is 0 Å². The lowest BCUT2D eigenvalue weighted by Crippen LogP contribution is -2.52. The Labute approximate surface area is 133 Å². The summed E-state index contributed by atoms with van der Waals surface area (Å²) in [4.78, 5) is 18.3. The minimum atomic E-state index is -0.496. The first-order chi connectivity index (χ1) is 10.0. The summed E-state index contributed by atoms with van der Waals surface area (Å²) in [5.41, 5.74) is -0.496. The van der Waals surface area contributed by atoms with Crippen LogP contribution in [0.25, 0.3) is 0 Å². The third-order valence-corrected chi connectivity index (χ3v) is 3.47. The van der Waals surface area contributed by atoms with Crippen LogP contribution in [0.4, 0.5) is 4.79 Å². The molecule has 0 aliphatic carbocycles. The predicted molar refractivity (Wildman–Crippen MR) is 88.2 cm³/mol. The van der Waals surface area contributed by atoms with Crippen molar-refractivity contribution in [1.82, 2.24) is 10.2 Å². The topological polar surface area (TPSA) is 74.2 Å². The van der Waals surface area contributed by atoms with E-state index in [-0.39, 0.29) is 24.2 Å². The third-order valence-electron chi connectivity index (χ3n) is 3.47. The Balaban J connectivity index is 2.66. The van der Waals surface area contributed by atoms with Gasteiger partial charge in [0.25, 0.3) is 0 Å². The zero-order valence-corrected chi connectivity index (χ0v) is 14.8. The molecule has 1 aliphatic rings. The Bertz CT molecular complexity index is 408. The van der Waals surface area contributed by atoms with Crippen LogP contribution in [0.15, 0.2) is 4.99 Å². The molecule has 1 atom stereocenters. The molecule has 1 heterocycles. The molecular weight excluding hydrogens is 282 g/mol. The fourth-order valence-corrected chi connectivity index (χ4v) is 2.24. The first kappa shape index (κ1) is 18.7. The van der Waals surface area contributed by atoms with Gasteiger partial charge in [-0.3, -0.25) is 9.89 Å². The Morgan fingerprint density at radius 3 is 2.50 bits per heavy atom. The fourth-order valence-electron chi connectivity index (χ4n) is 2.24. The van der Waals surface area contributed by atoms with Crippen LogP contribution in [-0.4, -0.2) is 59.8 Å². The molecule has 2 N–H and O–H groups in total. The number of amidine groups is 1. The maximum absolute atomic E-state index is 12.1. The van der Waals surface area contributed by atoms with E-state index in [0.717, 1.165) is 5.84 Å². The first-order valence-electron chi connectivity index (χ1n) is 7.91. The van der Waals surface area contributed by atoms with Crippen LogP contribution < -0.4 is 5.32 Å². The molecule has 1 unspecified atom stereocenters. The average Bonchev–Trinajstić information content (AvgIpc) is 2.35. The quantitative estimate of drug-likeness (QED) is 0.836. The van der Waals surface area contributed by atoms with E-state index >= 15 is 0 Å². The number of aliphatic hydroxyl groups excluding tert-OH is 1. The smallest absolute Gasteiger partial charge is 0.410 e. The van der Waals surface area contributed by atoms with Gasteiger partial charge >= 0.3 is 6.09 Å². The Morgan fingerprint density at radius 2 is 2.00 bits per heavy atom. The van der Waals surface area contributed by atoms with E-state index in [9.17, 15) is 9.90 Å². The van der Waals surface area contributed by atoms with Gasteiger partial charge in [-0.25, -0.2) is 4.79 Å². The van der Waals surface area contributed by atoms with Gasteiger partial charge in [0.2, 0.25) is 0 Å². The molecule has 0 aromatic heterocycles. The molecule has 6 heteroatoms. The number of nitrogens with one attached hydrogen (secondary N) is 1. The molecule has 0 spiro atoms. The summed E-state index contributed by atoms with van der Waals surface area (Å²) in [6.45, 7) is 13.6. The summed E-state index contributed by atoms with van der Waals surface area (Å²) in [5, 5.41) is 12.6. The Morgan fingerprint density at radius 1 is 1.36 bits per heavy atom. The summed E-state index contributed by atoms with van der Waals surface area (Å²) in [6.07, 6.45) is 0.339. The van der Waals surface area contributed by atoms with E-state index in [1.807, 2.05) is 20.8 Å². The van der Waals surface area contributed by atoms with Gasteiger partial charge in [0.1, 0.15) is 11.4 Å². The molecule has 0 bridgehead atoms. The number of hydrogen-bond acceptors (Lipinski definition) is 5. The van der Waals surface area contributed by atoms with Gasteiger partial charge in [-0.1, -0.05) is 20.8 Å². The minimum Gasteiger partial charge on any atom is -0.444 e. The largest absolute Gasteiger partial charge is 0.444 e. The molecule has 128 valence electrons. The number of aliphatic hydroxyl groups is 1. The summed E-state index contributed by atoms with van der Waals surface area (Å²) < 4.78 is 5.41. The second-order valence-electron chi connectivity index (χ2n) is 7.81. The molecule has 22 heavy (non-hydrogen) atoms. The molecule has 6 nitrogen and oxygen atoms in total. The maximum atomic E-state index is 12.1. The van der Waals surface area contributed by atoms with E-state index in [1.165, 1.54) is 0 Å². The lowest BCUT2D eigenvalue weighted by atomic mass is 9.85. The highest BCUT2D eigenvalue weighted by Gasteiger charge is 2.29. The Hall–Kier alpha value is -1.30. The number of amides is 1. The molecule has 0 radical (unpaired) electrons. The molecule has 0 aromatic carbocycles. The molecular formula is C16H31N3O3. The first-order valence-corrected chi connectivity index (χ1v) is 7.91. The van der Waals surface area contributed by atoms with E-state index < -0.39 is 5.60 Å². The van der Waals surface area contributed by atoms with Crippen LogP contribution in [0.3, 0.4) is 0 Å². The van der Waals surface area contributed by atoms with E-state index in [2.05, 4.69) is 31.1 Å². The predicted octanol–water partition coefficient (Wildman–Crippen LogP) is 2.02. The van der Waals surface area contributed by atoms with Gasteiger partial charge in [0.05, 0.1) is 13.1 Å². The van der Waals surface area contributed by atoms with Gasteiger partial charge in [0, 0.05) is 19.2 Å². The summed E-state index contributed by atoms with van der Waals surface area (Å²) in [7, 11) is 0. The average molecular weight is 313 g/mol. The third kappa shape index (κ3) is 6.22. The number of nitrogens with zero attached hydrogens (tertiary/aromatic N) is 2. The Kier molecular flexibility index (Phi) is 6.23. The van der Waals surface area contributed by atoms with Crippen LogP contribution >= 0.6 is 0 Å². The van der Waals surface area contributed by atoms with Crippen LogP contribution in [0.1, 0.15) is 48.0 Å². The van der Waals surface area contributed by atoms with E-state index in [0.29, 0.717) is 26.1 Å². The van der Waals surface area contributed by atoms with E-state index in [1.54, 1.807) is 4.90 Å². The monoisotopic (exact) mass is 313 g/mol. The van der Waals surface area contributed by atoms with Crippen LogP contribution in [-0.2, 0) is 4.74 Å². The lowest BCUT2D eigenvalue weighted by molar-refractivity contribution is 0.0275. The highest BCUT2D eigenvalue weighted by atomic mass is 16.6. The van der Waals surface area contributed by atoms with Crippen molar-refractivity contribution < 1.29 is 14.6 Å². The zero-order valence-electron chi connectivity index (χ0n) is 14.8. The number of carbonyl (C=O) groups excluding carboxylic acids is 1. The van der Waals surface area contributed by atoms with Gasteiger partial charge < -0.3 is 15.2 Å². The number of carbonyl (C=O) groups is 1. The van der Waals surface area contributed by atoms with Crippen molar-refractivity contribution in [3.8, 4) is 0 Å². The highest BCUT2D eigenvalue weighted by Crippen LogP contribution is 2.22. The summed E-state index contributed by atoms with van der Waals surface area (Å²) in [5.74, 6) is 0.783. The maximum Gasteiger partial charge on any atom is 0.410 e. The zero-order chi connectivity index (χ0) is 17.0. The normalized spacial score (nSPS) is 17.8. The number of hydrogen-bond donors (Lipinski definition) is 2. The molecule has 1 rings (SSSR count). The SMILES string of the molecule is CC(C)(C)OC(=O)N1CCN=C(NC(CCO)C(C)(C)C)C1.